The van der Waals surface area contributed by atoms with Crippen molar-refractivity contribution in [2.75, 3.05) is 0 Å². The number of rotatable bonds is 3. The van der Waals surface area contributed by atoms with Crippen molar-refractivity contribution in [3.05, 3.63) is 17.0 Å². The lowest BCUT2D eigenvalue weighted by atomic mass is 9.97. The van der Waals surface area contributed by atoms with Crippen LogP contribution in [0.25, 0.3) is 0 Å². The van der Waals surface area contributed by atoms with E-state index in [0.717, 1.165) is 24.2 Å². The Morgan fingerprint density at radius 1 is 1.00 bits per heavy atom. The lowest BCUT2D eigenvalue weighted by Crippen LogP contribution is -2.08. The van der Waals surface area contributed by atoms with Crippen LogP contribution in [-0.2, 0) is 12.8 Å². The van der Waals surface area contributed by atoms with Crippen molar-refractivity contribution < 1.29 is 0 Å². The van der Waals surface area contributed by atoms with Crippen LogP contribution in [0.2, 0.25) is 0 Å². The van der Waals surface area contributed by atoms with E-state index in [1.807, 2.05) is 0 Å². The molecule has 0 atom stereocenters. The van der Waals surface area contributed by atoms with E-state index in [1.165, 1.54) is 5.56 Å². The zero-order valence-corrected chi connectivity index (χ0v) is 8.83. The smallest absolute Gasteiger partial charge is 0.0699 e. The van der Waals surface area contributed by atoms with E-state index in [1.54, 1.807) is 0 Å². The second-order valence-electron chi connectivity index (χ2n) is 3.46. The van der Waals surface area contributed by atoms with Crippen LogP contribution in [0.3, 0.4) is 0 Å². The van der Waals surface area contributed by atoms with E-state index in [-0.39, 0.29) is 0 Å². The molecular formula is C10H17N3. The fourth-order valence-electron chi connectivity index (χ4n) is 1.59. The molecule has 0 unspecified atom stereocenters. The summed E-state index contributed by atoms with van der Waals surface area (Å²) in [7, 11) is 0. The summed E-state index contributed by atoms with van der Waals surface area (Å²) in [5.41, 5.74) is 3.49. The number of nitrogens with zero attached hydrogens (tertiary/aromatic N) is 3. The molecule has 0 N–H and O–H groups in total. The van der Waals surface area contributed by atoms with Crippen LogP contribution in [0.4, 0.5) is 0 Å². The zero-order valence-electron chi connectivity index (χ0n) is 8.83. The molecule has 1 aromatic rings. The maximum Gasteiger partial charge on any atom is 0.0699 e. The third kappa shape index (κ3) is 2.02. The average Bonchev–Trinajstić information content (AvgIpc) is 2.16. The van der Waals surface area contributed by atoms with E-state index in [2.05, 4.69) is 43.1 Å². The number of aromatic nitrogens is 3. The van der Waals surface area contributed by atoms with E-state index in [4.69, 9.17) is 0 Å². The molecule has 0 bridgehead atoms. The van der Waals surface area contributed by atoms with Gasteiger partial charge < -0.3 is 0 Å². The molecule has 0 radical (unpaired) electrons. The maximum absolute atomic E-state index is 4.07. The number of aryl methyl sites for hydroxylation is 2. The fraction of sp³-hybridized carbons (Fsp3) is 0.700. The Hall–Kier alpha value is -0.990. The first kappa shape index (κ1) is 10.1. The van der Waals surface area contributed by atoms with Crippen molar-refractivity contribution in [3.8, 4) is 0 Å². The highest BCUT2D eigenvalue weighted by atomic mass is 15.3. The van der Waals surface area contributed by atoms with Crippen molar-refractivity contribution in [2.24, 2.45) is 0 Å². The van der Waals surface area contributed by atoms with Crippen molar-refractivity contribution in [2.45, 2.75) is 46.5 Å². The summed E-state index contributed by atoms with van der Waals surface area (Å²) in [6, 6.07) is 0. The van der Waals surface area contributed by atoms with Gasteiger partial charge >= 0.3 is 0 Å². The second kappa shape index (κ2) is 4.30. The van der Waals surface area contributed by atoms with Gasteiger partial charge in [-0.1, -0.05) is 27.7 Å². The average molecular weight is 179 g/mol. The molecule has 1 heterocycles. The summed E-state index contributed by atoms with van der Waals surface area (Å²) >= 11 is 0. The van der Waals surface area contributed by atoms with Crippen LogP contribution in [0.5, 0.6) is 0 Å². The third-order valence-electron chi connectivity index (χ3n) is 2.20. The monoisotopic (exact) mass is 179 g/mol. The molecule has 0 amide bonds. The minimum Gasteiger partial charge on any atom is -0.135 e. The van der Waals surface area contributed by atoms with Gasteiger partial charge in [0, 0.05) is 5.56 Å². The Morgan fingerprint density at radius 2 is 1.46 bits per heavy atom. The van der Waals surface area contributed by atoms with E-state index < -0.39 is 0 Å². The van der Waals surface area contributed by atoms with Gasteiger partial charge in [-0.15, -0.1) is 10.2 Å². The molecule has 13 heavy (non-hydrogen) atoms. The van der Waals surface area contributed by atoms with Gasteiger partial charge in [-0.2, -0.15) is 0 Å². The summed E-state index contributed by atoms with van der Waals surface area (Å²) in [6.07, 6.45) is 1.88. The normalized spacial score (nSPS) is 10.8. The maximum atomic E-state index is 4.07. The van der Waals surface area contributed by atoms with Gasteiger partial charge in [0.05, 0.1) is 11.4 Å². The molecule has 0 aliphatic rings. The Bertz CT molecular complexity index is 259. The molecule has 3 nitrogen and oxygen atoms in total. The van der Waals surface area contributed by atoms with E-state index in [9.17, 15) is 0 Å². The Balaban J connectivity index is 3.21. The highest BCUT2D eigenvalue weighted by Crippen LogP contribution is 2.20. The first-order chi connectivity index (χ1) is 6.20. The standard InChI is InChI=1S/C10H17N3/c1-5-8-10(7(3)4)9(6-2)12-13-11-8/h7H,5-6H2,1-4H3. The van der Waals surface area contributed by atoms with E-state index in [0.29, 0.717) is 5.92 Å². The molecule has 0 spiro atoms. The van der Waals surface area contributed by atoms with Crippen molar-refractivity contribution in [3.63, 3.8) is 0 Å². The van der Waals surface area contributed by atoms with E-state index >= 15 is 0 Å². The summed E-state index contributed by atoms with van der Waals surface area (Å²) in [5, 5.41) is 11.9. The lowest BCUT2D eigenvalue weighted by Gasteiger charge is -2.12. The van der Waals surface area contributed by atoms with Crippen molar-refractivity contribution in [1.29, 1.82) is 0 Å². The van der Waals surface area contributed by atoms with Gasteiger partial charge in [0.15, 0.2) is 0 Å². The predicted molar refractivity (Wildman–Crippen MR) is 52.7 cm³/mol. The minimum atomic E-state index is 0.493. The van der Waals surface area contributed by atoms with Crippen molar-refractivity contribution >= 4 is 0 Å². The molecule has 0 aromatic carbocycles. The Labute approximate surface area is 79.6 Å². The van der Waals surface area contributed by atoms with Gasteiger partial charge in [0.1, 0.15) is 0 Å². The van der Waals surface area contributed by atoms with Crippen LogP contribution < -0.4 is 0 Å². The largest absolute Gasteiger partial charge is 0.135 e. The predicted octanol–water partition coefficient (Wildman–Crippen LogP) is 2.12. The Morgan fingerprint density at radius 3 is 1.77 bits per heavy atom. The second-order valence-corrected chi connectivity index (χ2v) is 3.46. The third-order valence-corrected chi connectivity index (χ3v) is 2.20. The van der Waals surface area contributed by atoms with Gasteiger partial charge in [-0.3, -0.25) is 0 Å². The molecule has 72 valence electrons. The van der Waals surface area contributed by atoms with Gasteiger partial charge in [-0.05, 0) is 24.0 Å². The highest BCUT2D eigenvalue weighted by Gasteiger charge is 2.12. The molecule has 0 fully saturated rings. The fourth-order valence-corrected chi connectivity index (χ4v) is 1.59. The molecule has 1 aromatic heterocycles. The van der Waals surface area contributed by atoms with Gasteiger partial charge in [-0.25, -0.2) is 0 Å². The molecule has 1 rings (SSSR count). The number of hydrogen-bond donors (Lipinski definition) is 0. The summed E-state index contributed by atoms with van der Waals surface area (Å²) in [5.74, 6) is 0.493. The Kier molecular flexibility index (Phi) is 3.34. The quantitative estimate of drug-likeness (QED) is 0.713. The molecule has 0 saturated heterocycles. The molecule has 3 heteroatoms. The SMILES string of the molecule is CCc1nnnc(CC)c1C(C)C. The zero-order chi connectivity index (χ0) is 9.84. The molecule has 0 aliphatic heterocycles. The molecule has 0 aliphatic carbocycles. The molecular weight excluding hydrogens is 162 g/mol. The van der Waals surface area contributed by atoms with Crippen molar-refractivity contribution in [1.82, 2.24) is 15.4 Å². The first-order valence-electron chi connectivity index (χ1n) is 4.91. The topological polar surface area (TPSA) is 38.7 Å². The van der Waals surface area contributed by atoms with Gasteiger partial charge in [0.25, 0.3) is 0 Å². The van der Waals surface area contributed by atoms with Crippen LogP contribution in [-0.4, -0.2) is 15.4 Å². The van der Waals surface area contributed by atoms with Crippen LogP contribution >= 0.6 is 0 Å². The van der Waals surface area contributed by atoms with Crippen LogP contribution in [0.15, 0.2) is 0 Å². The van der Waals surface area contributed by atoms with Crippen LogP contribution in [0, 0.1) is 0 Å². The summed E-state index contributed by atoms with van der Waals surface area (Å²) in [6.45, 7) is 8.57. The summed E-state index contributed by atoms with van der Waals surface area (Å²) < 4.78 is 0. The van der Waals surface area contributed by atoms with Gasteiger partial charge in [0.2, 0.25) is 0 Å². The molecule has 0 saturated carbocycles. The lowest BCUT2D eigenvalue weighted by molar-refractivity contribution is 0.706. The van der Waals surface area contributed by atoms with Crippen LogP contribution in [0.1, 0.15) is 50.6 Å². The first-order valence-corrected chi connectivity index (χ1v) is 4.91. The highest BCUT2D eigenvalue weighted by molar-refractivity contribution is 5.26. The minimum absolute atomic E-state index is 0.493. The summed E-state index contributed by atoms with van der Waals surface area (Å²) in [4.78, 5) is 0. The number of hydrogen-bond acceptors (Lipinski definition) is 3.